The molecule has 0 radical (unpaired) electrons. The lowest BCUT2D eigenvalue weighted by Gasteiger charge is -2.18. The van der Waals surface area contributed by atoms with Crippen LogP contribution in [0.25, 0.3) is 5.65 Å². The first-order valence-electron chi connectivity index (χ1n) is 9.24. The van der Waals surface area contributed by atoms with Gasteiger partial charge in [0, 0.05) is 36.0 Å². The molecule has 0 saturated carbocycles. The highest BCUT2D eigenvalue weighted by atomic mass is 79.9. The normalized spacial score (nSPS) is 10.8. The molecule has 0 aliphatic rings. The lowest BCUT2D eigenvalue weighted by molar-refractivity contribution is 0.0784. The number of carbonyl (C=O) groups excluding carboxylic acids is 1. The van der Waals surface area contributed by atoms with Gasteiger partial charge in [-0.2, -0.15) is 0 Å². The first-order valence-corrected chi connectivity index (χ1v) is 10.0. The topological polar surface area (TPSA) is 46.8 Å². The maximum Gasteiger partial charge on any atom is 0.254 e. The van der Waals surface area contributed by atoms with Crippen LogP contribution in [0.3, 0.4) is 0 Å². The summed E-state index contributed by atoms with van der Waals surface area (Å²) in [5, 5.41) is 0. The minimum absolute atomic E-state index is 0.0565. The number of nitrogens with zero attached hydrogens (tertiary/aromatic N) is 3. The van der Waals surface area contributed by atoms with E-state index in [1.54, 1.807) is 24.1 Å². The molecule has 146 valence electrons. The lowest BCUT2D eigenvalue weighted by Crippen LogP contribution is -2.26. The van der Waals surface area contributed by atoms with E-state index in [2.05, 4.69) is 20.9 Å². The third-order valence-corrected chi connectivity index (χ3v) is 5.37. The molecule has 0 N–H and O–H groups in total. The highest BCUT2D eigenvalue weighted by Gasteiger charge is 2.14. The highest BCUT2D eigenvalue weighted by molar-refractivity contribution is 9.10. The van der Waals surface area contributed by atoms with E-state index < -0.39 is 0 Å². The highest BCUT2D eigenvalue weighted by Crippen LogP contribution is 2.20. The summed E-state index contributed by atoms with van der Waals surface area (Å²) in [5.74, 6) is 0.584. The van der Waals surface area contributed by atoms with Crippen molar-refractivity contribution >= 4 is 27.5 Å². The van der Waals surface area contributed by atoms with Crippen molar-refractivity contribution in [1.29, 1.82) is 0 Å². The Morgan fingerprint density at radius 3 is 2.76 bits per heavy atom. The van der Waals surface area contributed by atoms with Crippen molar-refractivity contribution in [2.75, 3.05) is 7.05 Å². The average Bonchev–Trinajstić information content (AvgIpc) is 3.16. The quantitative estimate of drug-likeness (QED) is 0.418. The number of fused-ring (bicyclic) bond motifs is 1. The second-order valence-electron chi connectivity index (χ2n) is 6.77. The molecule has 0 fully saturated rings. The van der Waals surface area contributed by atoms with Crippen LogP contribution in [0.4, 0.5) is 0 Å². The molecular weight excluding hydrogens is 430 g/mol. The van der Waals surface area contributed by atoms with Gasteiger partial charge >= 0.3 is 0 Å². The average molecular weight is 450 g/mol. The number of rotatable bonds is 6. The second-order valence-corrected chi connectivity index (χ2v) is 7.62. The van der Waals surface area contributed by atoms with Gasteiger partial charge < -0.3 is 14.0 Å². The second kappa shape index (κ2) is 8.49. The molecule has 0 unspecified atom stereocenters. The molecule has 4 rings (SSSR count). The van der Waals surface area contributed by atoms with Crippen molar-refractivity contribution in [3.63, 3.8) is 0 Å². The summed E-state index contributed by atoms with van der Waals surface area (Å²) in [5.41, 5.74) is 3.36. The van der Waals surface area contributed by atoms with Gasteiger partial charge in [-0.1, -0.05) is 46.3 Å². The molecule has 0 atom stereocenters. The fraction of sp³-hybridized carbons (Fsp3) is 0.130. The molecule has 4 aromatic rings. The van der Waals surface area contributed by atoms with E-state index in [-0.39, 0.29) is 5.91 Å². The van der Waals surface area contributed by atoms with Crippen LogP contribution < -0.4 is 4.74 Å². The SMILES string of the molecule is CN(Cc1ccccc1Br)C(=O)c1cccc(OCc2cn3ccccc3n2)c1. The molecule has 0 aliphatic carbocycles. The smallest absolute Gasteiger partial charge is 0.254 e. The van der Waals surface area contributed by atoms with E-state index in [4.69, 9.17) is 4.74 Å². The third kappa shape index (κ3) is 4.49. The van der Waals surface area contributed by atoms with Gasteiger partial charge in [0.25, 0.3) is 5.91 Å². The minimum Gasteiger partial charge on any atom is -0.487 e. The van der Waals surface area contributed by atoms with Gasteiger partial charge in [-0.3, -0.25) is 4.79 Å². The van der Waals surface area contributed by atoms with Gasteiger partial charge in [-0.05, 0) is 42.0 Å². The zero-order valence-electron chi connectivity index (χ0n) is 16.0. The number of halogens is 1. The fourth-order valence-electron chi connectivity index (χ4n) is 3.11. The van der Waals surface area contributed by atoms with Crippen LogP contribution in [0.15, 0.2) is 83.6 Å². The van der Waals surface area contributed by atoms with Crippen LogP contribution in [0.2, 0.25) is 0 Å². The number of aromatic nitrogens is 2. The van der Waals surface area contributed by atoms with Crippen LogP contribution in [0, 0.1) is 0 Å². The molecule has 29 heavy (non-hydrogen) atoms. The van der Waals surface area contributed by atoms with Crippen LogP contribution in [0.5, 0.6) is 5.75 Å². The predicted octanol–water partition coefficient (Wildman–Crippen LogP) is 4.95. The molecule has 0 aliphatic heterocycles. The van der Waals surface area contributed by atoms with Crippen LogP contribution >= 0.6 is 15.9 Å². The molecule has 0 spiro atoms. The van der Waals surface area contributed by atoms with Gasteiger partial charge in [0.15, 0.2) is 0 Å². The summed E-state index contributed by atoms with van der Waals surface area (Å²) in [6.45, 7) is 0.860. The Labute approximate surface area is 177 Å². The molecule has 2 aromatic heterocycles. The molecule has 2 heterocycles. The first-order chi connectivity index (χ1) is 14.1. The van der Waals surface area contributed by atoms with Crippen molar-refractivity contribution < 1.29 is 9.53 Å². The standard InChI is InChI=1S/C23H20BrN3O2/c1-26(14-18-7-2-3-10-21(18)24)23(28)17-8-6-9-20(13-17)29-16-19-15-27-12-5-4-11-22(27)25-19/h2-13,15H,14,16H2,1H3. The van der Waals surface area contributed by atoms with Crippen molar-refractivity contribution in [2.24, 2.45) is 0 Å². The summed E-state index contributed by atoms with van der Waals surface area (Å²) in [6.07, 6.45) is 3.89. The number of benzene rings is 2. The third-order valence-electron chi connectivity index (χ3n) is 4.59. The maximum atomic E-state index is 12.8. The zero-order chi connectivity index (χ0) is 20.2. The number of ether oxygens (including phenoxy) is 1. The Bertz CT molecular complexity index is 1120. The summed E-state index contributed by atoms with van der Waals surface area (Å²) >= 11 is 3.53. The zero-order valence-corrected chi connectivity index (χ0v) is 17.5. The molecule has 0 bridgehead atoms. The number of amides is 1. The van der Waals surface area contributed by atoms with E-state index in [9.17, 15) is 4.79 Å². The number of carbonyl (C=O) groups is 1. The van der Waals surface area contributed by atoms with Crippen LogP contribution in [-0.4, -0.2) is 27.2 Å². The molecule has 5 nitrogen and oxygen atoms in total. The van der Waals surface area contributed by atoms with E-state index in [1.165, 1.54) is 0 Å². The molecule has 1 amide bonds. The van der Waals surface area contributed by atoms with Gasteiger partial charge in [0.2, 0.25) is 0 Å². The molecular formula is C23H20BrN3O2. The van der Waals surface area contributed by atoms with E-state index in [1.807, 2.05) is 71.4 Å². The summed E-state index contributed by atoms with van der Waals surface area (Å²) < 4.78 is 8.82. The summed E-state index contributed by atoms with van der Waals surface area (Å²) in [6, 6.07) is 21.0. The largest absolute Gasteiger partial charge is 0.487 e. The first kappa shape index (κ1) is 19.2. The predicted molar refractivity (Wildman–Crippen MR) is 116 cm³/mol. The van der Waals surface area contributed by atoms with Crippen molar-refractivity contribution in [2.45, 2.75) is 13.2 Å². The van der Waals surface area contributed by atoms with Crippen molar-refractivity contribution in [3.05, 3.63) is 100 Å². The maximum absolute atomic E-state index is 12.8. The Balaban J connectivity index is 1.43. The Morgan fingerprint density at radius 2 is 1.93 bits per heavy atom. The van der Waals surface area contributed by atoms with Gasteiger partial charge in [-0.15, -0.1) is 0 Å². The van der Waals surface area contributed by atoms with Crippen LogP contribution in [-0.2, 0) is 13.2 Å². The Morgan fingerprint density at radius 1 is 1.10 bits per heavy atom. The molecule has 0 saturated heterocycles. The van der Waals surface area contributed by atoms with E-state index >= 15 is 0 Å². The number of hydrogen-bond donors (Lipinski definition) is 0. The van der Waals surface area contributed by atoms with Crippen LogP contribution in [0.1, 0.15) is 21.6 Å². The van der Waals surface area contributed by atoms with Crippen molar-refractivity contribution in [1.82, 2.24) is 14.3 Å². The fourth-order valence-corrected chi connectivity index (χ4v) is 3.52. The monoisotopic (exact) mass is 449 g/mol. The lowest BCUT2D eigenvalue weighted by atomic mass is 10.1. The van der Waals surface area contributed by atoms with Gasteiger partial charge in [0.1, 0.15) is 18.0 Å². The van der Waals surface area contributed by atoms with Gasteiger partial charge in [-0.25, -0.2) is 4.98 Å². The minimum atomic E-state index is -0.0565. The number of hydrogen-bond acceptors (Lipinski definition) is 3. The summed E-state index contributed by atoms with van der Waals surface area (Å²) in [4.78, 5) is 19.1. The van der Waals surface area contributed by atoms with Gasteiger partial charge in [0.05, 0.1) is 5.69 Å². The number of imidazole rings is 1. The van der Waals surface area contributed by atoms with Crippen molar-refractivity contribution in [3.8, 4) is 5.75 Å². The van der Waals surface area contributed by atoms with E-state index in [0.29, 0.717) is 24.5 Å². The molecule has 6 heteroatoms. The molecule has 2 aromatic carbocycles. The number of pyridine rings is 1. The Kier molecular flexibility index (Phi) is 5.62. The van der Waals surface area contributed by atoms with E-state index in [0.717, 1.165) is 21.4 Å². The summed E-state index contributed by atoms with van der Waals surface area (Å²) in [7, 11) is 1.80. The Hall–Kier alpha value is -3.12.